The fourth-order valence-electron chi connectivity index (χ4n) is 2.62. The van der Waals surface area contributed by atoms with Crippen molar-refractivity contribution in [3.05, 3.63) is 76.8 Å². The number of carbonyl (C=O) groups excluding carboxylic acids is 1. The third-order valence-corrected chi connectivity index (χ3v) is 4.07. The van der Waals surface area contributed by atoms with Gasteiger partial charge in [0.15, 0.2) is 0 Å². The van der Waals surface area contributed by atoms with Gasteiger partial charge in [0, 0.05) is 21.5 Å². The Kier molecular flexibility index (Phi) is 4.49. The van der Waals surface area contributed by atoms with Crippen molar-refractivity contribution in [2.45, 2.75) is 6.42 Å². The normalized spacial score (nSPS) is 10.5. The molecule has 0 heterocycles. The first-order valence-electron chi connectivity index (χ1n) is 7.34. The zero-order valence-electron chi connectivity index (χ0n) is 12.6. The molecule has 1 amide bonds. The van der Waals surface area contributed by atoms with Crippen LogP contribution in [-0.2, 0) is 11.2 Å². The fourth-order valence-corrected chi connectivity index (χ4v) is 2.85. The number of hydrogen-bond acceptors (Lipinski definition) is 2. The van der Waals surface area contributed by atoms with Gasteiger partial charge >= 0.3 is 5.97 Å². The molecule has 0 radical (unpaired) electrons. The molecule has 2 N–H and O–H groups in total. The van der Waals surface area contributed by atoms with E-state index in [2.05, 4.69) is 5.32 Å². The summed E-state index contributed by atoms with van der Waals surface area (Å²) in [5, 5.41) is 14.3. The number of anilines is 1. The van der Waals surface area contributed by atoms with Gasteiger partial charge in [0.1, 0.15) is 0 Å². The summed E-state index contributed by atoms with van der Waals surface area (Å²) in [5.41, 5.74) is 1.25. The number of fused-ring (bicyclic) bond motifs is 1. The minimum absolute atomic E-state index is 0.0145. The Morgan fingerprint density at radius 3 is 2.33 bits per heavy atom. The molecule has 0 aliphatic carbocycles. The van der Waals surface area contributed by atoms with E-state index in [1.165, 1.54) is 6.07 Å². The predicted molar refractivity (Wildman–Crippen MR) is 94.7 cm³/mol. The molecule has 0 unspecified atom stereocenters. The van der Waals surface area contributed by atoms with Crippen LogP contribution in [0.25, 0.3) is 10.8 Å². The van der Waals surface area contributed by atoms with Crippen molar-refractivity contribution in [2.24, 2.45) is 0 Å². The number of halogens is 1. The fraction of sp³-hybridized carbons (Fsp3) is 0.0526. The Morgan fingerprint density at radius 1 is 0.917 bits per heavy atom. The smallest absolute Gasteiger partial charge is 0.335 e. The van der Waals surface area contributed by atoms with Crippen molar-refractivity contribution in [3.63, 3.8) is 0 Å². The zero-order chi connectivity index (χ0) is 17.1. The molecule has 4 nitrogen and oxygen atoms in total. The summed E-state index contributed by atoms with van der Waals surface area (Å²) in [6, 6.07) is 17.5. The standard InChI is InChI=1S/C19H14ClNO3/c20-16-9-10-17(15-8-4-3-7-14(15)16)21-18(22)11-12-5-1-2-6-13(12)19(23)24/h1-10H,11H2,(H,21,22)(H,23,24). The van der Waals surface area contributed by atoms with E-state index in [1.54, 1.807) is 30.3 Å². The number of hydrogen-bond donors (Lipinski definition) is 2. The lowest BCUT2D eigenvalue weighted by Gasteiger charge is -2.11. The number of benzene rings is 3. The quantitative estimate of drug-likeness (QED) is 0.741. The number of aromatic carboxylic acids is 1. The molecule has 0 saturated carbocycles. The predicted octanol–water partition coefficient (Wildman–Crippen LogP) is 4.37. The molecule has 0 saturated heterocycles. The van der Waals surface area contributed by atoms with Gasteiger partial charge in [-0.2, -0.15) is 0 Å². The largest absolute Gasteiger partial charge is 0.478 e. The lowest BCUT2D eigenvalue weighted by molar-refractivity contribution is -0.115. The number of carbonyl (C=O) groups is 2. The van der Waals surface area contributed by atoms with Crippen LogP contribution in [-0.4, -0.2) is 17.0 Å². The topological polar surface area (TPSA) is 66.4 Å². The van der Waals surface area contributed by atoms with E-state index >= 15 is 0 Å². The summed E-state index contributed by atoms with van der Waals surface area (Å²) in [6.07, 6.45) is -0.0145. The third-order valence-electron chi connectivity index (χ3n) is 3.74. The van der Waals surface area contributed by atoms with E-state index in [0.29, 0.717) is 16.3 Å². The molecule has 120 valence electrons. The van der Waals surface area contributed by atoms with Gasteiger partial charge in [-0.05, 0) is 23.8 Å². The highest BCUT2D eigenvalue weighted by atomic mass is 35.5. The van der Waals surface area contributed by atoms with Gasteiger partial charge in [-0.15, -0.1) is 0 Å². The van der Waals surface area contributed by atoms with Gasteiger partial charge in [-0.25, -0.2) is 4.79 Å². The molecule has 0 spiro atoms. The summed E-state index contributed by atoms with van der Waals surface area (Å²) < 4.78 is 0. The first kappa shape index (κ1) is 16.0. The molecule has 3 rings (SSSR count). The van der Waals surface area contributed by atoms with Crippen molar-refractivity contribution in [1.29, 1.82) is 0 Å². The minimum atomic E-state index is -1.05. The van der Waals surface area contributed by atoms with Gasteiger partial charge < -0.3 is 10.4 Å². The molecular formula is C19H14ClNO3. The Balaban J connectivity index is 1.87. The lowest BCUT2D eigenvalue weighted by atomic mass is 10.0. The SMILES string of the molecule is O=C(Cc1ccccc1C(=O)O)Nc1ccc(Cl)c2ccccc12. The number of nitrogens with one attached hydrogen (secondary N) is 1. The highest BCUT2D eigenvalue weighted by Gasteiger charge is 2.13. The average Bonchev–Trinajstić information content (AvgIpc) is 2.58. The van der Waals surface area contributed by atoms with Crippen LogP contribution in [0, 0.1) is 0 Å². The van der Waals surface area contributed by atoms with E-state index < -0.39 is 5.97 Å². The van der Waals surface area contributed by atoms with Crippen LogP contribution in [0.5, 0.6) is 0 Å². The lowest BCUT2D eigenvalue weighted by Crippen LogP contribution is -2.16. The second-order valence-corrected chi connectivity index (χ2v) is 5.73. The first-order valence-corrected chi connectivity index (χ1v) is 7.72. The monoisotopic (exact) mass is 339 g/mol. The molecule has 0 aliphatic heterocycles. The second kappa shape index (κ2) is 6.72. The molecule has 24 heavy (non-hydrogen) atoms. The number of amides is 1. The van der Waals surface area contributed by atoms with Crippen molar-refractivity contribution in [1.82, 2.24) is 0 Å². The summed E-state index contributed by atoms with van der Waals surface area (Å²) >= 11 is 6.17. The number of carboxylic acids is 1. The van der Waals surface area contributed by atoms with Crippen molar-refractivity contribution in [2.75, 3.05) is 5.32 Å². The van der Waals surface area contributed by atoms with Gasteiger partial charge in [-0.3, -0.25) is 4.79 Å². The molecule has 0 aliphatic rings. The van der Waals surface area contributed by atoms with Crippen LogP contribution in [0.4, 0.5) is 5.69 Å². The zero-order valence-corrected chi connectivity index (χ0v) is 13.4. The number of carboxylic acid groups (broad SMARTS) is 1. The van der Waals surface area contributed by atoms with E-state index in [9.17, 15) is 14.7 Å². The molecule has 0 bridgehead atoms. The maximum atomic E-state index is 12.3. The second-order valence-electron chi connectivity index (χ2n) is 5.33. The highest BCUT2D eigenvalue weighted by Crippen LogP contribution is 2.29. The highest BCUT2D eigenvalue weighted by molar-refractivity contribution is 6.36. The maximum Gasteiger partial charge on any atom is 0.335 e. The minimum Gasteiger partial charge on any atom is -0.478 e. The third kappa shape index (κ3) is 3.24. The maximum absolute atomic E-state index is 12.3. The van der Waals surface area contributed by atoms with Crippen molar-refractivity contribution < 1.29 is 14.7 Å². The van der Waals surface area contributed by atoms with Crippen molar-refractivity contribution in [3.8, 4) is 0 Å². The molecule has 3 aromatic rings. The van der Waals surface area contributed by atoms with E-state index in [-0.39, 0.29) is 17.9 Å². The van der Waals surface area contributed by atoms with Crippen molar-refractivity contribution >= 4 is 39.9 Å². The van der Waals surface area contributed by atoms with Gasteiger partial charge in [-0.1, -0.05) is 54.1 Å². The van der Waals surface area contributed by atoms with E-state index in [0.717, 1.165) is 10.8 Å². The molecule has 0 fully saturated rings. The Labute approximate surface area is 143 Å². The molecule has 3 aromatic carbocycles. The Hall–Kier alpha value is -2.85. The van der Waals surface area contributed by atoms with Crippen LogP contribution in [0.15, 0.2) is 60.7 Å². The van der Waals surface area contributed by atoms with Crippen LogP contribution < -0.4 is 5.32 Å². The van der Waals surface area contributed by atoms with Crippen LogP contribution in [0.3, 0.4) is 0 Å². The molecular weight excluding hydrogens is 326 g/mol. The molecule has 0 atom stereocenters. The summed E-state index contributed by atoms with van der Waals surface area (Å²) in [4.78, 5) is 23.6. The first-order chi connectivity index (χ1) is 11.6. The van der Waals surface area contributed by atoms with Gasteiger partial charge in [0.25, 0.3) is 0 Å². The Bertz CT molecular complexity index is 937. The number of rotatable bonds is 4. The van der Waals surface area contributed by atoms with Crippen LogP contribution in [0.2, 0.25) is 5.02 Å². The van der Waals surface area contributed by atoms with E-state index in [1.807, 2.05) is 24.3 Å². The van der Waals surface area contributed by atoms with Crippen LogP contribution >= 0.6 is 11.6 Å². The molecule has 0 aromatic heterocycles. The van der Waals surface area contributed by atoms with Crippen LogP contribution in [0.1, 0.15) is 15.9 Å². The Morgan fingerprint density at radius 2 is 1.58 bits per heavy atom. The summed E-state index contributed by atoms with van der Waals surface area (Å²) in [5.74, 6) is -1.33. The molecule has 5 heteroatoms. The van der Waals surface area contributed by atoms with Gasteiger partial charge in [0.2, 0.25) is 5.91 Å². The average molecular weight is 340 g/mol. The summed E-state index contributed by atoms with van der Waals surface area (Å²) in [7, 11) is 0. The van der Waals surface area contributed by atoms with E-state index in [4.69, 9.17) is 11.6 Å². The van der Waals surface area contributed by atoms with Gasteiger partial charge in [0.05, 0.1) is 12.0 Å². The summed E-state index contributed by atoms with van der Waals surface area (Å²) in [6.45, 7) is 0.